The number of rotatable bonds is 26. The molecule has 0 saturated heterocycles. The minimum atomic E-state index is -4.61. The van der Waals surface area contributed by atoms with Gasteiger partial charge < -0.3 is 4.55 Å². The molecular weight excluding hydrogens is 471 g/mol. The molecular formula is C28H55KO4S. The third-order valence-corrected chi connectivity index (χ3v) is 6.91. The van der Waals surface area contributed by atoms with Crippen molar-refractivity contribution >= 4 is 10.4 Å². The molecule has 0 aliphatic rings. The summed E-state index contributed by atoms with van der Waals surface area (Å²) >= 11 is 0. The van der Waals surface area contributed by atoms with Gasteiger partial charge in [0.1, 0.15) is 0 Å². The molecule has 1 atom stereocenters. The van der Waals surface area contributed by atoms with Gasteiger partial charge in [-0.25, -0.2) is 8.42 Å². The third kappa shape index (κ3) is 31.3. The van der Waals surface area contributed by atoms with Gasteiger partial charge in [-0.05, 0) is 19.3 Å². The molecule has 0 aromatic carbocycles. The molecule has 0 aliphatic heterocycles. The second kappa shape index (κ2) is 28.8. The van der Waals surface area contributed by atoms with Crippen molar-refractivity contribution in [1.29, 1.82) is 0 Å². The fraction of sp³-hybridized carbons (Fsp3) is 0.929. The van der Waals surface area contributed by atoms with Crippen molar-refractivity contribution in [3.63, 3.8) is 0 Å². The van der Waals surface area contributed by atoms with Crippen LogP contribution in [0.3, 0.4) is 0 Å². The van der Waals surface area contributed by atoms with Crippen LogP contribution >= 0.6 is 0 Å². The molecule has 0 N–H and O–H groups in total. The van der Waals surface area contributed by atoms with Crippen molar-refractivity contribution in [2.24, 2.45) is 5.92 Å². The van der Waals surface area contributed by atoms with Crippen LogP contribution in [-0.2, 0) is 14.6 Å². The Hall–Kier alpha value is 1.25. The molecule has 0 aromatic rings. The molecule has 34 heavy (non-hydrogen) atoms. The van der Waals surface area contributed by atoms with Gasteiger partial charge in [-0.2, -0.15) is 0 Å². The first kappa shape index (κ1) is 37.4. The molecule has 0 aromatic heterocycles. The van der Waals surface area contributed by atoms with E-state index in [1.165, 1.54) is 122 Å². The Bertz CT molecular complexity index is 522. The van der Waals surface area contributed by atoms with Crippen molar-refractivity contribution < 1.29 is 68.5 Å². The van der Waals surface area contributed by atoms with Crippen molar-refractivity contribution in [3.05, 3.63) is 12.2 Å². The van der Waals surface area contributed by atoms with Crippen LogP contribution in [0.25, 0.3) is 0 Å². The van der Waals surface area contributed by atoms with Crippen LogP contribution in [0.1, 0.15) is 155 Å². The zero-order chi connectivity index (χ0) is 24.5. The smallest absolute Gasteiger partial charge is 0.726 e. The summed E-state index contributed by atoms with van der Waals surface area (Å²) in [6.45, 7) is 4.48. The van der Waals surface area contributed by atoms with Crippen molar-refractivity contribution in [2.45, 2.75) is 155 Å². The van der Waals surface area contributed by atoms with Crippen LogP contribution in [0.5, 0.6) is 0 Å². The number of hydrogen-bond donors (Lipinski definition) is 0. The van der Waals surface area contributed by atoms with Gasteiger partial charge in [-0.15, -0.1) is 0 Å². The molecule has 4 nitrogen and oxygen atoms in total. The molecule has 198 valence electrons. The molecule has 0 radical (unpaired) electrons. The summed E-state index contributed by atoms with van der Waals surface area (Å²) in [7, 11) is -4.61. The maximum absolute atomic E-state index is 10.8. The first-order chi connectivity index (χ1) is 16.0. The van der Waals surface area contributed by atoms with Gasteiger partial charge in [0.15, 0.2) is 0 Å². The second-order valence-corrected chi connectivity index (χ2v) is 10.9. The summed E-state index contributed by atoms with van der Waals surface area (Å²) in [5.41, 5.74) is 0. The summed E-state index contributed by atoms with van der Waals surface area (Å²) in [5, 5.41) is 0. The second-order valence-electron chi connectivity index (χ2n) is 9.82. The van der Waals surface area contributed by atoms with E-state index < -0.39 is 10.4 Å². The number of allylic oxidation sites excluding steroid dienone is 1. The van der Waals surface area contributed by atoms with E-state index in [1.54, 1.807) is 0 Å². The molecule has 0 rings (SSSR count). The van der Waals surface area contributed by atoms with Crippen LogP contribution in [0, 0.1) is 5.92 Å². The van der Waals surface area contributed by atoms with Crippen molar-refractivity contribution in [1.82, 2.24) is 0 Å². The van der Waals surface area contributed by atoms with E-state index in [9.17, 15) is 13.0 Å². The molecule has 0 saturated carbocycles. The van der Waals surface area contributed by atoms with Crippen LogP contribution < -0.4 is 51.4 Å². The molecule has 6 heteroatoms. The largest absolute Gasteiger partial charge is 1.00 e. The van der Waals surface area contributed by atoms with Gasteiger partial charge >= 0.3 is 51.4 Å². The zero-order valence-electron chi connectivity index (χ0n) is 23.0. The molecule has 0 aliphatic carbocycles. The van der Waals surface area contributed by atoms with E-state index in [0.717, 1.165) is 19.3 Å². The molecule has 0 amide bonds. The van der Waals surface area contributed by atoms with E-state index in [0.29, 0.717) is 0 Å². The van der Waals surface area contributed by atoms with E-state index in [-0.39, 0.29) is 63.9 Å². The minimum Gasteiger partial charge on any atom is -0.726 e. The molecule has 1 unspecified atom stereocenters. The van der Waals surface area contributed by atoms with Gasteiger partial charge in [-0.3, -0.25) is 4.18 Å². The maximum atomic E-state index is 10.8. The minimum absolute atomic E-state index is 0. The van der Waals surface area contributed by atoms with Crippen LogP contribution in [0.15, 0.2) is 12.2 Å². The number of unbranched alkanes of at least 4 members (excludes halogenated alkanes) is 19. The van der Waals surface area contributed by atoms with E-state index in [1.807, 2.05) is 0 Å². The molecule has 0 bridgehead atoms. The van der Waals surface area contributed by atoms with Gasteiger partial charge in [0.05, 0.1) is 6.61 Å². The number of hydrogen-bond acceptors (Lipinski definition) is 4. The van der Waals surface area contributed by atoms with Gasteiger partial charge in [-0.1, -0.05) is 148 Å². The average Bonchev–Trinajstić information content (AvgIpc) is 2.78. The Morgan fingerprint density at radius 1 is 0.647 bits per heavy atom. The van der Waals surface area contributed by atoms with Gasteiger partial charge in [0, 0.05) is 5.92 Å². The summed E-state index contributed by atoms with van der Waals surface area (Å²) < 4.78 is 37.1. The topological polar surface area (TPSA) is 66.4 Å². The van der Waals surface area contributed by atoms with Crippen molar-refractivity contribution in [2.75, 3.05) is 6.61 Å². The summed E-state index contributed by atoms with van der Waals surface area (Å²) in [6, 6.07) is 0. The normalized spacial score (nSPS) is 12.8. The maximum Gasteiger partial charge on any atom is 1.00 e. The van der Waals surface area contributed by atoms with Gasteiger partial charge in [0.25, 0.3) is 0 Å². The Morgan fingerprint density at radius 3 is 1.44 bits per heavy atom. The standard InChI is InChI=1S/C28H56O4S.K/c1-3-5-7-9-11-13-14-15-16-17-18-20-22-24-26-28(27-32-33(29,30)31)25-23-21-19-12-10-8-6-4-2;/h23,25,28H,3-22,24,26-27H2,1-2H3,(H,29,30,31);/q;+1/p-1/b25-23+;. The van der Waals surface area contributed by atoms with E-state index in [4.69, 9.17) is 0 Å². The average molecular weight is 527 g/mol. The summed E-state index contributed by atoms with van der Waals surface area (Å²) in [6.07, 6.45) is 32.3. The zero-order valence-corrected chi connectivity index (χ0v) is 27.0. The van der Waals surface area contributed by atoms with Crippen LogP contribution in [0.2, 0.25) is 0 Å². The summed E-state index contributed by atoms with van der Waals surface area (Å²) in [4.78, 5) is 0. The van der Waals surface area contributed by atoms with E-state index in [2.05, 4.69) is 30.2 Å². The predicted octanol–water partition coefficient (Wildman–Crippen LogP) is 6.26. The first-order valence-corrected chi connectivity index (χ1v) is 15.6. The van der Waals surface area contributed by atoms with Crippen molar-refractivity contribution in [3.8, 4) is 0 Å². The quantitative estimate of drug-likeness (QED) is 0.0438. The Labute approximate surface area is 256 Å². The monoisotopic (exact) mass is 526 g/mol. The molecule has 0 heterocycles. The fourth-order valence-electron chi connectivity index (χ4n) is 4.34. The first-order valence-electron chi connectivity index (χ1n) is 14.3. The third-order valence-electron chi connectivity index (χ3n) is 6.49. The summed E-state index contributed by atoms with van der Waals surface area (Å²) in [5.74, 6) is 0.0196. The van der Waals surface area contributed by atoms with E-state index >= 15 is 0 Å². The fourth-order valence-corrected chi connectivity index (χ4v) is 4.68. The Balaban J connectivity index is 0. The predicted molar refractivity (Wildman–Crippen MR) is 141 cm³/mol. The van der Waals surface area contributed by atoms with Crippen LogP contribution in [0.4, 0.5) is 0 Å². The Kier molecular flexibility index (Phi) is 31.7. The SMILES string of the molecule is CCCCCCCC/C=C/C(CCCCCCCCCCCCCCCC)COS(=O)(=O)[O-].[K+]. The van der Waals surface area contributed by atoms with Gasteiger partial charge in [0.2, 0.25) is 10.4 Å². The molecule has 0 spiro atoms. The van der Waals surface area contributed by atoms with Crippen LogP contribution in [-0.4, -0.2) is 19.6 Å². The Morgan fingerprint density at radius 2 is 1.03 bits per heavy atom. The molecule has 0 fully saturated rings.